The second kappa shape index (κ2) is 7.99. The molecule has 1 fully saturated rings. The molecule has 0 saturated carbocycles. The predicted octanol–water partition coefficient (Wildman–Crippen LogP) is 3.75. The number of nitrogens with one attached hydrogen (secondary N) is 2. The number of rotatable bonds is 4. The molecule has 4 heterocycles. The monoisotopic (exact) mass is 538 g/mol. The Morgan fingerprint density at radius 1 is 1.39 bits per heavy atom. The van der Waals surface area contributed by atoms with Crippen LogP contribution in [0, 0.1) is 3.57 Å². The minimum Gasteiger partial charge on any atom is -0.489 e. The molecular formula is C22H27IN4O4. The quantitative estimate of drug-likeness (QED) is 0.579. The molecule has 2 aliphatic rings. The lowest BCUT2D eigenvalue weighted by Crippen LogP contribution is -2.63. The van der Waals surface area contributed by atoms with E-state index < -0.39 is 11.1 Å². The van der Waals surface area contributed by atoms with Crippen molar-refractivity contribution in [3.8, 4) is 17.0 Å². The van der Waals surface area contributed by atoms with Gasteiger partial charge in [0.2, 0.25) is 0 Å². The van der Waals surface area contributed by atoms with E-state index in [4.69, 9.17) is 9.47 Å². The summed E-state index contributed by atoms with van der Waals surface area (Å²) in [5, 5.41) is 2.89. The summed E-state index contributed by atoms with van der Waals surface area (Å²) in [6.45, 7) is 9.17. The number of ether oxygens (including phenoxy) is 2. The second-order valence-electron chi connectivity index (χ2n) is 9.21. The lowest BCUT2D eigenvalue weighted by Gasteiger charge is -2.49. The maximum Gasteiger partial charge on any atom is 0.410 e. The highest BCUT2D eigenvalue weighted by Gasteiger charge is 2.46. The van der Waals surface area contributed by atoms with Gasteiger partial charge in [-0.1, -0.05) is 0 Å². The summed E-state index contributed by atoms with van der Waals surface area (Å²) in [7, 11) is 0. The lowest BCUT2D eigenvalue weighted by molar-refractivity contribution is -0.0533. The number of amides is 2. The zero-order valence-electron chi connectivity index (χ0n) is 18.2. The van der Waals surface area contributed by atoms with Crippen molar-refractivity contribution in [3.05, 3.63) is 33.3 Å². The first-order valence-corrected chi connectivity index (χ1v) is 11.4. The second-order valence-corrected chi connectivity index (χ2v) is 10.3. The first-order chi connectivity index (χ1) is 14.6. The largest absolute Gasteiger partial charge is 0.489 e. The number of halogens is 1. The number of aromatic nitrogens is 2. The van der Waals surface area contributed by atoms with E-state index in [0.717, 1.165) is 33.4 Å². The molecule has 0 spiro atoms. The van der Waals surface area contributed by atoms with E-state index in [9.17, 15) is 9.59 Å². The van der Waals surface area contributed by atoms with E-state index >= 15 is 0 Å². The Kier molecular flexibility index (Phi) is 5.65. The molecule has 2 aromatic rings. The third-order valence-electron chi connectivity index (χ3n) is 5.64. The molecule has 0 aromatic carbocycles. The first kappa shape index (κ1) is 21.9. The summed E-state index contributed by atoms with van der Waals surface area (Å²) >= 11 is 2.20. The van der Waals surface area contributed by atoms with Gasteiger partial charge < -0.3 is 19.8 Å². The molecule has 2 amide bonds. The molecule has 2 N–H and O–H groups in total. The standard InChI is InChI=1S/C22H27IN4O4/c1-21(2,3)31-20(29)27-10-7-22(27,4)12-30-15-11-24-8-5-13(15)18-17(23)16-14(26-18)6-9-25-19(16)28/h5,8,11,26H,6-7,9-10,12H2,1-4H3,(H,25,28). The van der Waals surface area contributed by atoms with Crippen molar-refractivity contribution in [2.45, 2.75) is 51.7 Å². The van der Waals surface area contributed by atoms with Gasteiger partial charge in [0.15, 0.2) is 0 Å². The van der Waals surface area contributed by atoms with Gasteiger partial charge in [0.1, 0.15) is 18.0 Å². The maximum atomic E-state index is 12.5. The van der Waals surface area contributed by atoms with Crippen molar-refractivity contribution in [1.29, 1.82) is 0 Å². The van der Waals surface area contributed by atoms with Gasteiger partial charge in [-0.05, 0) is 62.8 Å². The van der Waals surface area contributed by atoms with E-state index in [1.54, 1.807) is 17.3 Å². The van der Waals surface area contributed by atoms with Crippen LogP contribution in [-0.2, 0) is 11.2 Å². The van der Waals surface area contributed by atoms with Gasteiger partial charge in [-0.15, -0.1) is 0 Å². The number of hydrogen-bond acceptors (Lipinski definition) is 5. The van der Waals surface area contributed by atoms with Crippen LogP contribution in [-0.4, -0.2) is 57.7 Å². The first-order valence-electron chi connectivity index (χ1n) is 10.4. The Balaban J connectivity index is 1.54. The highest BCUT2D eigenvalue weighted by atomic mass is 127. The number of nitrogens with zero attached hydrogens (tertiary/aromatic N) is 2. The number of pyridine rings is 1. The topological polar surface area (TPSA) is 96.5 Å². The Hall–Kier alpha value is -2.30. The summed E-state index contributed by atoms with van der Waals surface area (Å²) in [4.78, 5) is 34.2. The molecule has 8 nitrogen and oxygen atoms in total. The number of H-pyrrole nitrogens is 1. The molecule has 0 radical (unpaired) electrons. The number of carbonyl (C=O) groups excluding carboxylic acids is 2. The van der Waals surface area contributed by atoms with Crippen molar-refractivity contribution in [1.82, 2.24) is 20.2 Å². The number of likely N-dealkylation sites (tertiary alicyclic amines) is 1. The Morgan fingerprint density at radius 3 is 2.81 bits per heavy atom. The highest BCUT2D eigenvalue weighted by Crippen LogP contribution is 2.38. The van der Waals surface area contributed by atoms with Crippen LogP contribution in [0.5, 0.6) is 5.75 Å². The Labute approximate surface area is 195 Å². The number of hydrogen-bond donors (Lipinski definition) is 2. The average Bonchev–Trinajstić information content (AvgIpc) is 3.01. The van der Waals surface area contributed by atoms with Crippen molar-refractivity contribution in [2.24, 2.45) is 0 Å². The van der Waals surface area contributed by atoms with Crippen LogP contribution < -0.4 is 10.1 Å². The van der Waals surface area contributed by atoms with Gasteiger partial charge in [0.05, 0.1) is 26.6 Å². The van der Waals surface area contributed by atoms with Gasteiger partial charge >= 0.3 is 6.09 Å². The molecule has 1 saturated heterocycles. The van der Waals surface area contributed by atoms with E-state index in [2.05, 4.69) is 37.9 Å². The van der Waals surface area contributed by atoms with E-state index in [0.29, 0.717) is 31.0 Å². The Morgan fingerprint density at radius 2 is 2.16 bits per heavy atom. The smallest absolute Gasteiger partial charge is 0.410 e. The summed E-state index contributed by atoms with van der Waals surface area (Å²) in [6.07, 6.45) is 4.65. The summed E-state index contributed by atoms with van der Waals surface area (Å²) < 4.78 is 12.6. The molecule has 0 aliphatic carbocycles. The van der Waals surface area contributed by atoms with Crippen molar-refractivity contribution < 1.29 is 19.1 Å². The zero-order chi connectivity index (χ0) is 22.4. The third-order valence-corrected chi connectivity index (χ3v) is 6.72. The third kappa shape index (κ3) is 4.24. The molecular weight excluding hydrogens is 511 g/mol. The van der Waals surface area contributed by atoms with Crippen molar-refractivity contribution >= 4 is 34.6 Å². The van der Waals surface area contributed by atoms with Crippen LogP contribution in [0.4, 0.5) is 4.79 Å². The molecule has 1 atom stereocenters. The summed E-state index contributed by atoms with van der Waals surface area (Å²) in [5.41, 5.74) is 2.34. The molecule has 9 heteroatoms. The van der Waals surface area contributed by atoms with E-state index in [-0.39, 0.29) is 12.0 Å². The molecule has 0 bridgehead atoms. The van der Waals surface area contributed by atoms with Crippen LogP contribution in [0.25, 0.3) is 11.3 Å². The number of fused-ring (bicyclic) bond motifs is 1. The summed E-state index contributed by atoms with van der Waals surface area (Å²) in [5.74, 6) is 0.552. The fourth-order valence-corrected chi connectivity index (χ4v) is 4.84. The summed E-state index contributed by atoms with van der Waals surface area (Å²) in [6, 6.07) is 1.88. The fraction of sp³-hybridized carbons (Fsp3) is 0.500. The average molecular weight is 538 g/mol. The minimum atomic E-state index is -0.541. The zero-order valence-corrected chi connectivity index (χ0v) is 20.3. The van der Waals surface area contributed by atoms with Gasteiger partial charge in [0, 0.05) is 37.0 Å². The van der Waals surface area contributed by atoms with Crippen LogP contribution in [0.15, 0.2) is 18.5 Å². The van der Waals surface area contributed by atoms with Crippen molar-refractivity contribution in [2.75, 3.05) is 19.7 Å². The van der Waals surface area contributed by atoms with E-state index in [1.165, 1.54) is 0 Å². The van der Waals surface area contributed by atoms with Gasteiger partial charge in [-0.25, -0.2) is 4.79 Å². The van der Waals surface area contributed by atoms with Crippen LogP contribution in [0.2, 0.25) is 0 Å². The normalized spacial score (nSPS) is 20.5. The van der Waals surface area contributed by atoms with Gasteiger partial charge in [0.25, 0.3) is 5.91 Å². The fourth-order valence-electron chi connectivity index (χ4n) is 3.84. The molecule has 166 valence electrons. The molecule has 2 aliphatic heterocycles. The lowest BCUT2D eigenvalue weighted by atomic mass is 9.88. The van der Waals surface area contributed by atoms with Gasteiger partial charge in [-0.3, -0.25) is 14.7 Å². The van der Waals surface area contributed by atoms with Crippen LogP contribution >= 0.6 is 22.6 Å². The predicted molar refractivity (Wildman–Crippen MR) is 124 cm³/mol. The maximum absolute atomic E-state index is 12.5. The SMILES string of the molecule is CC(C)(C)OC(=O)N1CCC1(C)COc1cnccc1-c1[nH]c2c(c1I)C(=O)NCC2. The minimum absolute atomic E-state index is 0.0559. The molecule has 31 heavy (non-hydrogen) atoms. The van der Waals surface area contributed by atoms with Crippen LogP contribution in [0.1, 0.15) is 50.2 Å². The number of carbonyl (C=O) groups is 2. The molecule has 4 rings (SSSR count). The highest BCUT2D eigenvalue weighted by molar-refractivity contribution is 14.1. The van der Waals surface area contributed by atoms with Crippen molar-refractivity contribution in [3.63, 3.8) is 0 Å². The number of aromatic amines is 1. The van der Waals surface area contributed by atoms with Crippen LogP contribution in [0.3, 0.4) is 0 Å². The van der Waals surface area contributed by atoms with E-state index in [1.807, 2.05) is 33.8 Å². The Bertz CT molecular complexity index is 1030. The van der Waals surface area contributed by atoms with Gasteiger partial charge in [-0.2, -0.15) is 0 Å². The molecule has 2 aromatic heterocycles. The molecule has 1 unspecified atom stereocenters.